The Labute approximate surface area is 178 Å². The fraction of sp³-hybridized carbons (Fsp3) is 0.0952. The van der Waals surface area contributed by atoms with Gasteiger partial charge >= 0.3 is 0 Å². The van der Waals surface area contributed by atoms with E-state index >= 15 is 0 Å². The van der Waals surface area contributed by atoms with E-state index in [1.54, 1.807) is 29.7 Å². The first-order chi connectivity index (χ1) is 14.7. The summed E-state index contributed by atoms with van der Waals surface area (Å²) in [7, 11) is 0. The number of hydrogen-bond donors (Lipinski definition) is 1. The third-order valence-electron chi connectivity index (χ3n) is 4.60. The van der Waals surface area contributed by atoms with Gasteiger partial charge in [0, 0.05) is 24.7 Å². The molecule has 7 nitrogen and oxygen atoms in total. The van der Waals surface area contributed by atoms with Crippen LogP contribution in [0, 0.1) is 0 Å². The van der Waals surface area contributed by atoms with Crippen molar-refractivity contribution in [2.75, 3.05) is 5.32 Å². The average Bonchev–Trinajstić information content (AvgIpc) is 3.41. The molecule has 0 aliphatic rings. The lowest BCUT2D eigenvalue weighted by atomic mass is 10.3. The van der Waals surface area contributed by atoms with Crippen LogP contribution in [0.3, 0.4) is 0 Å². The number of aryl methyl sites for hydroxylation is 1. The Morgan fingerprint density at radius 2 is 2.00 bits per heavy atom. The maximum Gasteiger partial charge on any atom is 0.262 e. The Morgan fingerprint density at radius 3 is 2.83 bits per heavy atom. The molecular formula is C21H15N5O2S2. The maximum atomic E-state index is 12.4. The monoisotopic (exact) mass is 433 g/mol. The molecule has 0 atom stereocenters. The molecule has 5 aromatic rings. The molecule has 0 unspecified atom stereocenters. The van der Waals surface area contributed by atoms with Crippen molar-refractivity contribution < 1.29 is 4.79 Å². The highest BCUT2D eigenvalue weighted by Crippen LogP contribution is 2.29. The fourth-order valence-corrected chi connectivity index (χ4v) is 4.75. The van der Waals surface area contributed by atoms with Gasteiger partial charge < -0.3 is 5.32 Å². The van der Waals surface area contributed by atoms with Crippen LogP contribution in [-0.4, -0.2) is 25.4 Å². The Bertz CT molecular complexity index is 1390. The summed E-state index contributed by atoms with van der Waals surface area (Å²) in [4.78, 5) is 38.6. The number of hydrogen-bond acceptors (Lipinski definition) is 7. The summed E-state index contributed by atoms with van der Waals surface area (Å²) in [6.07, 6.45) is 3.34. The van der Waals surface area contributed by atoms with Crippen molar-refractivity contribution in [1.29, 1.82) is 0 Å². The normalized spacial score (nSPS) is 11.2. The van der Waals surface area contributed by atoms with Gasteiger partial charge in [-0.1, -0.05) is 12.1 Å². The van der Waals surface area contributed by atoms with E-state index in [1.165, 1.54) is 22.2 Å². The molecule has 30 heavy (non-hydrogen) atoms. The van der Waals surface area contributed by atoms with Crippen LogP contribution in [-0.2, 0) is 11.3 Å². The largest absolute Gasteiger partial charge is 0.311 e. The molecule has 1 amide bonds. The molecular weight excluding hydrogens is 418 g/mol. The summed E-state index contributed by atoms with van der Waals surface area (Å²) in [6, 6.07) is 13.4. The summed E-state index contributed by atoms with van der Waals surface area (Å²) in [5, 5.41) is 6.07. The van der Waals surface area contributed by atoms with Crippen LogP contribution >= 0.6 is 22.7 Å². The number of amides is 1. The van der Waals surface area contributed by atoms with Gasteiger partial charge in [-0.25, -0.2) is 15.0 Å². The van der Waals surface area contributed by atoms with E-state index in [2.05, 4.69) is 20.3 Å². The number of benzene rings is 1. The van der Waals surface area contributed by atoms with E-state index in [1.807, 2.05) is 35.7 Å². The van der Waals surface area contributed by atoms with Crippen LogP contribution in [0.25, 0.3) is 31.0 Å². The van der Waals surface area contributed by atoms with Gasteiger partial charge in [0.25, 0.3) is 5.56 Å². The van der Waals surface area contributed by atoms with Crippen molar-refractivity contribution in [2.24, 2.45) is 0 Å². The van der Waals surface area contributed by atoms with Crippen molar-refractivity contribution >= 4 is 54.8 Å². The smallest absolute Gasteiger partial charge is 0.262 e. The molecule has 0 spiro atoms. The van der Waals surface area contributed by atoms with Gasteiger partial charge in [-0.05, 0) is 35.7 Å². The Morgan fingerprint density at radius 1 is 1.10 bits per heavy atom. The van der Waals surface area contributed by atoms with Crippen LogP contribution in [0.4, 0.5) is 5.82 Å². The molecule has 5 rings (SSSR count). The second-order valence-electron chi connectivity index (χ2n) is 6.60. The third-order valence-corrected chi connectivity index (χ3v) is 6.51. The fourth-order valence-electron chi connectivity index (χ4n) is 3.07. The summed E-state index contributed by atoms with van der Waals surface area (Å²) in [5.74, 6) is 0.246. The first-order valence-corrected chi connectivity index (χ1v) is 10.9. The van der Waals surface area contributed by atoms with Crippen LogP contribution < -0.4 is 10.9 Å². The van der Waals surface area contributed by atoms with E-state index < -0.39 is 0 Å². The molecule has 4 heterocycles. The highest BCUT2D eigenvalue weighted by atomic mass is 32.1. The number of pyridine rings is 1. The Hall–Kier alpha value is -3.43. The summed E-state index contributed by atoms with van der Waals surface area (Å²) < 4.78 is 2.58. The molecule has 148 valence electrons. The van der Waals surface area contributed by atoms with Gasteiger partial charge in [-0.2, -0.15) is 0 Å². The molecule has 0 aliphatic heterocycles. The zero-order valence-corrected chi connectivity index (χ0v) is 17.2. The summed E-state index contributed by atoms with van der Waals surface area (Å²) in [6.45, 7) is 0.257. The average molecular weight is 434 g/mol. The van der Waals surface area contributed by atoms with E-state index in [9.17, 15) is 9.59 Å². The topological polar surface area (TPSA) is 89.8 Å². The van der Waals surface area contributed by atoms with Gasteiger partial charge in [0.05, 0.1) is 21.9 Å². The second kappa shape index (κ2) is 7.77. The molecule has 0 saturated heterocycles. The number of carbonyl (C=O) groups is 1. The number of rotatable bonds is 5. The van der Waals surface area contributed by atoms with E-state index in [-0.39, 0.29) is 24.4 Å². The molecule has 0 radical (unpaired) electrons. The van der Waals surface area contributed by atoms with Crippen LogP contribution in [0.1, 0.15) is 6.42 Å². The molecule has 4 aromatic heterocycles. The lowest BCUT2D eigenvalue weighted by Gasteiger charge is -2.07. The van der Waals surface area contributed by atoms with Gasteiger partial charge in [-0.15, -0.1) is 22.7 Å². The molecule has 0 saturated carbocycles. The Balaban J connectivity index is 1.24. The van der Waals surface area contributed by atoms with Crippen molar-refractivity contribution in [3.8, 4) is 10.6 Å². The molecule has 0 bridgehead atoms. The number of fused-ring (bicyclic) bond motifs is 2. The molecule has 1 N–H and O–H groups in total. The highest BCUT2D eigenvalue weighted by Gasteiger charge is 2.10. The van der Waals surface area contributed by atoms with Gasteiger partial charge in [-0.3, -0.25) is 14.2 Å². The molecule has 0 fully saturated rings. The highest BCUT2D eigenvalue weighted by molar-refractivity contribution is 7.21. The number of nitrogens with one attached hydrogen (secondary N) is 1. The van der Waals surface area contributed by atoms with Crippen LogP contribution in [0.5, 0.6) is 0 Å². The quantitative estimate of drug-likeness (QED) is 0.450. The SMILES string of the molecule is O=C(CCn1cnc2sccc2c1=O)Nc1ccc(-c2nc3ccccc3s2)cn1. The maximum absolute atomic E-state index is 12.4. The van der Waals surface area contributed by atoms with Crippen LogP contribution in [0.15, 0.2) is 65.2 Å². The standard InChI is InChI=1S/C21H15N5O2S2/c27-18(7-9-26-12-23-20-14(21(26)28)8-10-29-20)25-17-6-5-13(11-22-17)19-24-15-3-1-2-4-16(15)30-19/h1-6,8,10-12H,7,9H2,(H,22,25,27). The van der Waals surface area contributed by atoms with E-state index in [0.29, 0.717) is 16.0 Å². The van der Waals surface area contributed by atoms with Crippen molar-refractivity contribution in [3.05, 3.63) is 70.7 Å². The predicted molar refractivity (Wildman–Crippen MR) is 120 cm³/mol. The van der Waals surface area contributed by atoms with Crippen LogP contribution in [0.2, 0.25) is 0 Å². The summed E-state index contributed by atoms with van der Waals surface area (Å²) >= 11 is 3.02. The minimum Gasteiger partial charge on any atom is -0.311 e. The number of thiophene rings is 1. The minimum absolute atomic E-state index is 0.132. The first-order valence-electron chi connectivity index (χ1n) is 9.22. The van der Waals surface area contributed by atoms with Crippen molar-refractivity contribution in [3.63, 3.8) is 0 Å². The first kappa shape index (κ1) is 18.6. The number of nitrogens with zero attached hydrogens (tertiary/aromatic N) is 4. The Kier molecular flexibility index (Phi) is 4.82. The number of carbonyl (C=O) groups excluding carboxylic acids is 1. The zero-order valence-electron chi connectivity index (χ0n) is 15.6. The number of aromatic nitrogens is 4. The molecule has 0 aliphatic carbocycles. The van der Waals surface area contributed by atoms with Gasteiger partial charge in [0.2, 0.25) is 5.91 Å². The number of thiazole rings is 1. The lowest BCUT2D eigenvalue weighted by Crippen LogP contribution is -2.23. The van der Waals surface area contributed by atoms with Crippen molar-refractivity contribution in [2.45, 2.75) is 13.0 Å². The zero-order chi connectivity index (χ0) is 20.5. The summed E-state index contributed by atoms with van der Waals surface area (Å²) in [5.41, 5.74) is 1.73. The molecule has 1 aromatic carbocycles. The van der Waals surface area contributed by atoms with Gasteiger partial charge in [0.1, 0.15) is 15.7 Å². The third kappa shape index (κ3) is 3.60. The number of para-hydroxylation sites is 1. The number of anilines is 1. The molecule has 9 heteroatoms. The van der Waals surface area contributed by atoms with E-state index in [4.69, 9.17) is 0 Å². The lowest BCUT2D eigenvalue weighted by molar-refractivity contribution is -0.116. The van der Waals surface area contributed by atoms with Crippen molar-refractivity contribution in [1.82, 2.24) is 19.5 Å². The van der Waals surface area contributed by atoms with Gasteiger partial charge in [0.15, 0.2) is 0 Å². The predicted octanol–water partition coefficient (Wildman–Crippen LogP) is 4.16. The van der Waals surface area contributed by atoms with E-state index in [0.717, 1.165) is 20.8 Å². The second-order valence-corrected chi connectivity index (χ2v) is 8.52. The minimum atomic E-state index is -0.215.